The zero-order chi connectivity index (χ0) is 16.0. The van der Waals surface area contributed by atoms with Crippen molar-refractivity contribution in [2.45, 2.75) is 30.8 Å². The Morgan fingerprint density at radius 2 is 2.23 bits per heavy atom. The van der Waals surface area contributed by atoms with Crippen molar-refractivity contribution < 1.29 is 28.3 Å². The van der Waals surface area contributed by atoms with Gasteiger partial charge in [-0.15, -0.1) is 0 Å². The van der Waals surface area contributed by atoms with Crippen LogP contribution >= 0.6 is 7.82 Å². The summed E-state index contributed by atoms with van der Waals surface area (Å²) in [5, 5.41) is 0. The van der Waals surface area contributed by atoms with Crippen LogP contribution in [-0.4, -0.2) is 44.3 Å². The Balaban J connectivity index is 1.82. The number of nitrogens with zero attached hydrogens (tertiary/aromatic N) is 1. The third-order valence-corrected chi connectivity index (χ3v) is 4.28. The summed E-state index contributed by atoms with van der Waals surface area (Å²) in [4.78, 5) is 42.6. The highest BCUT2D eigenvalue weighted by Crippen LogP contribution is 2.48. The smallest absolute Gasteiger partial charge is 0.370 e. The molecule has 3 rings (SSSR count). The maximum Gasteiger partial charge on any atom is 0.469 e. The molecule has 11 heteroatoms. The summed E-state index contributed by atoms with van der Waals surface area (Å²) in [5.41, 5.74) is -1.90. The molecule has 2 saturated heterocycles. The van der Waals surface area contributed by atoms with Crippen LogP contribution < -0.4 is 11.2 Å². The van der Waals surface area contributed by atoms with Crippen molar-refractivity contribution in [2.24, 2.45) is 0 Å². The third-order valence-electron chi connectivity index (χ3n) is 3.79. The largest absolute Gasteiger partial charge is 0.469 e. The molecule has 1 aromatic rings. The molecule has 3 heterocycles. The van der Waals surface area contributed by atoms with Crippen molar-refractivity contribution in [2.75, 3.05) is 13.2 Å². The van der Waals surface area contributed by atoms with Gasteiger partial charge in [0.1, 0.15) is 5.60 Å². The standard InChI is InChI=1S/C11H15N2O8P/c14-8-1-3-13(10(15)12-8)9-11(2-4-19-11)5-7(21-9)6-20-22(16,17)18/h1,3,7,9H,2,4-6H2,(H,12,14,15)(H2,16,17,18)/t7-,9+,11+/m0/s1. The van der Waals surface area contributed by atoms with Crippen molar-refractivity contribution in [3.8, 4) is 0 Å². The molecule has 0 amide bonds. The molecule has 1 spiro atoms. The van der Waals surface area contributed by atoms with Gasteiger partial charge in [-0.2, -0.15) is 0 Å². The second-order valence-corrected chi connectivity index (χ2v) is 6.52. The van der Waals surface area contributed by atoms with E-state index in [1.54, 1.807) is 0 Å². The zero-order valence-corrected chi connectivity index (χ0v) is 12.3. The summed E-state index contributed by atoms with van der Waals surface area (Å²) in [5.74, 6) is 0. The molecule has 2 fully saturated rings. The number of H-pyrrole nitrogens is 1. The molecule has 0 unspecified atom stereocenters. The van der Waals surface area contributed by atoms with Crippen molar-refractivity contribution in [3.05, 3.63) is 33.1 Å². The van der Waals surface area contributed by atoms with Gasteiger partial charge < -0.3 is 19.3 Å². The van der Waals surface area contributed by atoms with Gasteiger partial charge >= 0.3 is 13.5 Å². The molecule has 1 aromatic heterocycles. The lowest BCUT2D eigenvalue weighted by Gasteiger charge is -2.42. The minimum Gasteiger partial charge on any atom is -0.370 e. The minimum absolute atomic E-state index is 0.315. The van der Waals surface area contributed by atoms with Crippen LogP contribution in [0.5, 0.6) is 0 Å². The zero-order valence-electron chi connectivity index (χ0n) is 11.4. The number of hydrogen-bond acceptors (Lipinski definition) is 6. The first-order valence-corrected chi connectivity index (χ1v) is 8.13. The third kappa shape index (κ3) is 2.94. The highest BCUT2D eigenvalue weighted by Gasteiger charge is 2.55. The first kappa shape index (κ1) is 15.6. The van der Waals surface area contributed by atoms with E-state index in [-0.39, 0.29) is 6.61 Å². The average Bonchev–Trinajstić information content (AvgIpc) is 2.75. The summed E-state index contributed by atoms with van der Waals surface area (Å²) in [6, 6.07) is 1.19. The van der Waals surface area contributed by atoms with Crippen molar-refractivity contribution in [3.63, 3.8) is 0 Å². The number of aromatic nitrogens is 2. The highest BCUT2D eigenvalue weighted by molar-refractivity contribution is 7.46. The van der Waals surface area contributed by atoms with Gasteiger partial charge in [0.2, 0.25) is 0 Å². The lowest BCUT2D eigenvalue weighted by atomic mass is 9.89. The maximum absolute atomic E-state index is 11.9. The molecular weight excluding hydrogens is 319 g/mol. The number of hydrogen-bond donors (Lipinski definition) is 3. The fraction of sp³-hybridized carbons (Fsp3) is 0.636. The van der Waals surface area contributed by atoms with Crippen LogP contribution in [0, 0.1) is 0 Å². The molecule has 22 heavy (non-hydrogen) atoms. The molecule has 2 aliphatic heterocycles. The Kier molecular flexibility index (Phi) is 3.84. The fourth-order valence-electron chi connectivity index (χ4n) is 2.77. The quantitative estimate of drug-likeness (QED) is 0.601. The average molecular weight is 334 g/mol. The Morgan fingerprint density at radius 3 is 2.77 bits per heavy atom. The second kappa shape index (κ2) is 5.41. The van der Waals surface area contributed by atoms with Gasteiger partial charge in [-0.3, -0.25) is 18.9 Å². The van der Waals surface area contributed by atoms with E-state index in [4.69, 9.17) is 19.3 Å². The molecule has 3 atom stereocenters. The topological polar surface area (TPSA) is 140 Å². The predicted molar refractivity (Wildman–Crippen MR) is 71.1 cm³/mol. The van der Waals surface area contributed by atoms with Gasteiger partial charge in [-0.25, -0.2) is 9.36 Å². The van der Waals surface area contributed by atoms with E-state index in [0.29, 0.717) is 19.4 Å². The van der Waals surface area contributed by atoms with E-state index in [9.17, 15) is 14.2 Å². The number of rotatable bonds is 4. The Morgan fingerprint density at radius 1 is 1.50 bits per heavy atom. The first-order chi connectivity index (χ1) is 10.3. The van der Waals surface area contributed by atoms with Crippen molar-refractivity contribution >= 4 is 7.82 Å². The van der Waals surface area contributed by atoms with Crippen LogP contribution in [0.4, 0.5) is 0 Å². The molecule has 3 N–H and O–H groups in total. The fourth-order valence-corrected chi connectivity index (χ4v) is 3.13. The van der Waals surface area contributed by atoms with Gasteiger partial charge in [-0.1, -0.05) is 0 Å². The van der Waals surface area contributed by atoms with Crippen LogP contribution in [0.25, 0.3) is 0 Å². The van der Waals surface area contributed by atoms with Crippen molar-refractivity contribution in [1.29, 1.82) is 0 Å². The summed E-state index contributed by atoms with van der Waals surface area (Å²) in [6.07, 6.45) is 0.869. The second-order valence-electron chi connectivity index (χ2n) is 5.28. The molecule has 122 valence electrons. The lowest BCUT2D eigenvalue weighted by Crippen LogP contribution is -2.50. The monoisotopic (exact) mass is 334 g/mol. The first-order valence-electron chi connectivity index (χ1n) is 6.60. The molecule has 0 bridgehead atoms. The predicted octanol–water partition coefficient (Wildman–Crippen LogP) is -0.908. The normalized spacial score (nSPS) is 31.4. The number of phosphoric ester groups is 1. The summed E-state index contributed by atoms with van der Waals surface area (Å²) in [7, 11) is -4.60. The summed E-state index contributed by atoms with van der Waals surface area (Å²) < 4.78 is 27.7. The van der Waals surface area contributed by atoms with E-state index < -0.39 is 37.0 Å². The number of ether oxygens (including phenoxy) is 2. The van der Waals surface area contributed by atoms with E-state index in [1.165, 1.54) is 16.8 Å². The Hall–Kier alpha value is -1.29. The molecule has 0 radical (unpaired) electrons. The number of phosphoric acid groups is 1. The highest BCUT2D eigenvalue weighted by atomic mass is 31.2. The molecular formula is C11H15N2O8P. The summed E-state index contributed by atoms with van der Waals surface area (Å²) >= 11 is 0. The van der Waals surface area contributed by atoms with Crippen LogP contribution in [0.2, 0.25) is 0 Å². The Bertz CT molecular complexity index is 717. The van der Waals surface area contributed by atoms with Gasteiger partial charge in [0, 0.05) is 25.1 Å². The lowest BCUT2D eigenvalue weighted by molar-refractivity contribution is -0.201. The maximum atomic E-state index is 11.9. The summed E-state index contributed by atoms with van der Waals surface area (Å²) in [6.45, 7) is 0.189. The van der Waals surface area contributed by atoms with E-state index in [0.717, 1.165) is 0 Å². The van der Waals surface area contributed by atoms with E-state index in [2.05, 4.69) is 9.51 Å². The van der Waals surface area contributed by atoms with Gasteiger partial charge in [0.15, 0.2) is 6.23 Å². The SMILES string of the molecule is O=c1ccn([C@@H]2O[C@H](COP(=O)(O)O)C[C@]23CCO3)c(=O)[nH]1. The van der Waals surface area contributed by atoms with Gasteiger partial charge in [-0.05, 0) is 0 Å². The van der Waals surface area contributed by atoms with E-state index in [1.807, 2.05) is 0 Å². The van der Waals surface area contributed by atoms with Crippen molar-refractivity contribution in [1.82, 2.24) is 9.55 Å². The molecule has 0 aliphatic carbocycles. The van der Waals surface area contributed by atoms with Crippen LogP contribution in [0.1, 0.15) is 19.1 Å². The molecule has 0 saturated carbocycles. The number of nitrogens with one attached hydrogen (secondary N) is 1. The van der Waals surface area contributed by atoms with Crippen LogP contribution in [0.3, 0.4) is 0 Å². The van der Waals surface area contributed by atoms with Gasteiger partial charge in [0.05, 0.1) is 19.3 Å². The van der Waals surface area contributed by atoms with Gasteiger partial charge in [0.25, 0.3) is 5.56 Å². The number of aromatic amines is 1. The van der Waals surface area contributed by atoms with Crippen LogP contribution in [-0.2, 0) is 18.6 Å². The molecule has 10 nitrogen and oxygen atoms in total. The minimum atomic E-state index is -4.60. The molecule has 0 aromatic carbocycles. The van der Waals surface area contributed by atoms with Crippen LogP contribution in [0.15, 0.2) is 21.9 Å². The molecule has 2 aliphatic rings. The van der Waals surface area contributed by atoms with E-state index >= 15 is 0 Å². The Labute approximate surface area is 123 Å².